The molecule has 0 bridgehead atoms. The minimum absolute atomic E-state index is 0.646. The smallest absolute Gasteiger partial charge is 0.0424 e. The molecule has 0 unspecified atom stereocenters. The van der Waals surface area contributed by atoms with E-state index in [0.717, 1.165) is 0 Å². The van der Waals surface area contributed by atoms with Gasteiger partial charge in [-0.05, 0) is 37.0 Å². The molecule has 0 spiro atoms. The van der Waals surface area contributed by atoms with Gasteiger partial charge in [0, 0.05) is 17.3 Å². The summed E-state index contributed by atoms with van der Waals surface area (Å²) in [5.74, 6) is 0. The molecule has 3 rings (SSSR count). The van der Waals surface area contributed by atoms with Crippen LogP contribution in [0.5, 0.6) is 0 Å². The van der Waals surface area contributed by atoms with E-state index >= 15 is 0 Å². The highest BCUT2D eigenvalue weighted by Gasteiger charge is 2.15. The lowest BCUT2D eigenvalue weighted by Gasteiger charge is -2.25. The predicted molar refractivity (Wildman–Crippen MR) is 87.1 cm³/mol. The molecule has 0 saturated heterocycles. The van der Waals surface area contributed by atoms with Crippen molar-refractivity contribution in [2.45, 2.75) is 45.1 Å². The fourth-order valence-corrected chi connectivity index (χ4v) is 3.11. The average Bonchev–Trinajstić information content (AvgIpc) is 2.49. The van der Waals surface area contributed by atoms with Crippen LogP contribution in [0.15, 0.2) is 48.5 Å². The lowest BCUT2D eigenvalue weighted by Crippen LogP contribution is -2.22. The molecular formula is C19H23N. The molecular weight excluding hydrogens is 242 g/mol. The first-order chi connectivity index (χ1) is 9.83. The van der Waals surface area contributed by atoms with Gasteiger partial charge in [0.05, 0.1) is 0 Å². The van der Waals surface area contributed by atoms with Crippen molar-refractivity contribution in [3.63, 3.8) is 0 Å². The fraction of sp³-hybridized carbons (Fsp3) is 0.368. The van der Waals surface area contributed by atoms with E-state index in [4.69, 9.17) is 0 Å². The maximum Gasteiger partial charge on any atom is 0.0424 e. The number of nitrogens with one attached hydrogen (secondary N) is 1. The molecule has 0 aromatic heterocycles. The summed E-state index contributed by atoms with van der Waals surface area (Å²) in [4.78, 5) is 0. The van der Waals surface area contributed by atoms with Gasteiger partial charge in [0.2, 0.25) is 0 Å². The molecule has 2 aromatic carbocycles. The Bertz CT molecular complexity index is 553. The largest absolute Gasteiger partial charge is 0.382 e. The third kappa shape index (κ3) is 3.04. The van der Waals surface area contributed by atoms with Crippen molar-refractivity contribution in [2.75, 3.05) is 5.32 Å². The van der Waals surface area contributed by atoms with Gasteiger partial charge in [-0.1, -0.05) is 61.7 Å². The van der Waals surface area contributed by atoms with Crippen LogP contribution in [0.3, 0.4) is 0 Å². The normalized spacial score (nSPS) is 16.1. The minimum Gasteiger partial charge on any atom is -0.382 e. The zero-order valence-electron chi connectivity index (χ0n) is 12.2. The van der Waals surface area contributed by atoms with E-state index in [9.17, 15) is 0 Å². The van der Waals surface area contributed by atoms with Crippen molar-refractivity contribution in [1.29, 1.82) is 0 Å². The topological polar surface area (TPSA) is 12.0 Å². The number of rotatable bonds is 3. The number of aryl methyl sites for hydroxylation is 1. The molecule has 0 radical (unpaired) electrons. The molecule has 20 heavy (non-hydrogen) atoms. The highest BCUT2D eigenvalue weighted by Crippen LogP contribution is 2.31. The Hall–Kier alpha value is -1.76. The van der Waals surface area contributed by atoms with Crippen LogP contribution in [-0.2, 0) is 0 Å². The van der Waals surface area contributed by atoms with Gasteiger partial charge in [0.1, 0.15) is 0 Å². The van der Waals surface area contributed by atoms with Crippen LogP contribution in [0, 0.1) is 6.92 Å². The number of anilines is 1. The molecule has 1 saturated carbocycles. The van der Waals surface area contributed by atoms with Gasteiger partial charge in [-0.3, -0.25) is 0 Å². The summed E-state index contributed by atoms with van der Waals surface area (Å²) in [6.45, 7) is 2.17. The molecule has 0 aliphatic heterocycles. The lowest BCUT2D eigenvalue weighted by atomic mass is 9.94. The van der Waals surface area contributed by atoms with Crippen LogP contribution in [0.25, 0.3) is 11.1 Å². The first-order valence-electron chi connectivity index (χ1n) is 7.75. The maximum atomic E-state index is 3.79. The molecule has 1 fully saturated rings. The van der Waals surface area contributed by atoms with Crippen molar-refractivity contribution in [3.8, 4) is 11.1 Å². The van der Waals surface area contributed by atoms with E-state index in [1.165, 1.54) is 54.5 Å². The second kappa shape index (κ2) is 6.13. The van der Waals surface area contributed by atoms with Crippen LogP contribution in [-0.4, -0.2) is 6.04 Å². The van der Waals surface area contributed by atoms with Crippen molar-refractivity contribution in [3.05, 3.63) is 54.1 Å². The minimum atomic E-state index is 0.646. The summed E-state index contributed by atoms with van der Waals surface area (Å²) < 4.78 is 0. The first kappa shape index (κ1) is 13.2. The lowest BCUT2D eigenvalue weighted by molar-refractivity contribution is 0.463. The molecule has 1 nitrogen and oxygen atoms in total. The molecule has 104 valence electrons. The molecule has 1 heteroatoms. The van der Waals surface area contributed by atoms with Gasteiger partial charge in [-0.25, -0.2) is 0 Å². The van der Waals surface area contributed by atoms with E-state index < -0.39 is 0 Å². The first-order valence-corrected chi connectivity index (χ1v) is 7.75. The molecule has 1 N–H and O–H groups in total. The quantitative estimate of drug-likeness (QED) is 0.782. The Kier molecular flexibility index (Phi) is 4.05. The summed E-state index contributed by atoms with van der Waals surface area (Å²) in [6.07, 6.45) is 6.75. The van der Waals surface area contributed by atoms with Gasteiger partial charge >= 0.3 is 0 Å². The highest BCUT2D eigenvalue weighted by atomic mass is 14.9. The van der Waals surface area contributed by atoms with Gasteiger partial charge in [-0.15, -0.1) is 0 Å². The van der Waals surface area contributed by atoms with E-state index in [2.05, 4.69) is 60.8 Å². The van der Waals surface area contributed by atoms with E-state index in [-0.39, 0.29) is 0 Å². The van der Waals surface area contributed by atoms with Gasteiger partial charge in [0.25, 0.3) is 0 Å². The highest BCUT2D eigenvalue weighted by molar-refractivity contribution is 5.78. The van der Waals surface area contributed by atoms with Crippen LogP contribution in [0.1, 0.15) is 37.7 Å². The molecule has 1 aliphatic rings. The molecule has 0 heterocycles. The van der Waals surface area contributed by atoms with Gasteiger partial charge < -0.3 is 5.32 Å². The van der Waals surface area contributed by atoms with E-state index in [0.29, 0.717) is 6.04 Å². The molecule has 0 amide bonds. The van der Waals surface area contributed by atoms with E-state index in [1.807, 2.05) is 0 Å². The van der Waals surface area contributed by atoms with E-state index in [1.54, 1.807) is 0 Å². The van der Waals surface area contributed by atoms with Gasteiger partial charge in [0.15, 0.2) is 0 Å². The maximum absolute atomic E-state index is 3.79. The second-order valence-corrected chi connectivity index (χ2v) is 5.89. The monoisotopic (exact) mass is 265 g/mol. The summed E-state index contributed by atoms with van der Waals surface area (Å²) >= 11 is 0. The Balaban J connectivity index is 1.90. The van der Waals surface area contributed by atoms with Crippen LogP contribution in [0.4, 0.5) is 5.69 Å². The average molecular weight is 265 g/mol. The number of hydrogen-bond acceptors (Lipinski definition) is 1. The van der Waals surface area contributed by atoms with Crippen molar-refractivity contribution in [1.82, 2.24) is 0 Å². The van der Waals surface area contributed by atoms with Crippen LogP contribution in [0.2, 0.25) is 0 Å². The molecule has 0 atom stereocenters. The predicted octanol–water partition coefficient (Wildman–Crippen LogP) is 5.41. The van der Waals surface area contributed by atoms with Crippen molar-refractivity contribution < 1.29 is 0 Å². The van der Waals surface area contributed by atoms with Crippen molar-refractivity contribution >= 4 is 5.69 Å². The zero-order valence-corrected chi connectivity index (χ0v) is 12.2. The summed E-state index contributed by atoms with van der Waals surface area (Å²) in [7, 11) is 0. The third-order valence-corrected chi connectivity index (χ3v) is 4.22. The van der Waals surface area contributed by atoms with Crippen LogP contribution >= 0.6 is 0 Å². The fourth-order valence-electron chi connectivity index (χ4n) is 3.11. The molecule has 2 aromatic rings. The van der Waals surface area contributed by atoms with Gasteiger partial charge in [-0.2, -0.15) is 0 Å². The summed E-state index contributed by atoms with van der Waals surface area (Å²) in [5.41, 5.74) is 5.23. The van der Waals surface area contributed by atoms with Crippen molar-refractivity contribution in [2.24, 2.45) is 0 Å². The number of benzene rings is 2. The Morgan fingerprint density at radius 2 is 1.65 bits per heavy atom. The second-order valence-electron chi connectivity index (χ2n) is 5.89. The Morgan fingerprint density at radius 3 is 2.40 bits per heavy atom. The number of hydrogen-bond donors (Lipinski definition) is 1. The Labute approximate surface area is 122 Å². The summed E-state index contributed by atoms with van der Waals surface area (Å²) in [6, 6.07) is 18.1. The standard InChI is InChI=1S/C19H23N/c1-15-12-13-18(16-8-4-2-5-9-16)19(14-15)20-17-10-6-3-7-11-17/h2,4-5,8-9,12-14,17,20H,3,6-7,10-11H2,1H3. The molecule has 1 aliphatic carbocycles. The Morgan fingerprint density at radius 1 is 0.900 bits per heavy atom. The van der Waals surface area contributed by atoms with Crippen LogP contribution < -0.4 is 5.32 Å². The zero-order chi connectivity index (χ0) is 13.8. The SMILES string of the molecule is Cc1ccc(-c2ccccc2)c(NC2CCCCC2)c1. The summed E-state index contributed by atoms with van der Waals surface area (Å²) in [5, 5.41) is 3.79. The third-order valence-electron chi connectivity index (χ3n) is 4.22.